The summed E-state index contributed by atoms with van der Waals surface area (Å²) in [5, 5.41) is 0. The van der Waals surface area contributed by atoms with Crippen LogP contribution in [0.2, 0.25) is 0 Å². The zero-order chi connectivity index (χ0) is 9.61. The maximum atomic E-state index is 11.6. The fraction of sp³-hybridized carbons (Fsp3) is 0.333. The van der Waals surface area contributed by atoms with Crippen LogP contribution in [0.1, 0.15) is 13.3 Å². The van der Waals surface area contributed by atoms with E-state index in [-0.39, 0.29) is 0 Å². The van der Waals surface area contributed by atoms with Gasteiger partial charge < -0.3 is 0 Å². The zero-order valence-electron chi connectivity index (χ0n) is 6.86. The van der Waals surface area contributed by atoms with Gasteiger partial charge in [-0.05, 0) is 6.92 Å². The molecule has 68 valence electrons. The van der Waals surface area contributed by atoms with Crippen molar-refractivity contribution in [1.29, 1.82) is 0 Å². The molecule has 0 rings (SSSR count). The summed E-state index contributed by atoms with van der Waals surface area (Å²) in [5.74, 6) is 0. The van der Waals surface area contributed by atoms with E-state index in [4.69, 9.17) is 0 Å². The predicted molar refractivity (Wildman–Crippen MR) is 43.8 cm³/mol. The van der Waals surface area contributed by atoms with Gasteiger partial charge in [-0.15, -0.1) is 0 Å². The predicted octanol–water partition coefficient (Wildman–Crippen LogP) is 3.63. The van der Waals surface area contributed by atoms with Crippen LogP contribution in [-0.2, 0) is 0 Å². The summed E-state index contributed by atoms with van der Waals surface area (Å²) in [6.07, 6.45) is 0.633. The molecule has 0 heterocycles. The molecule has 0 aromatic rings. The first-order valence-electron chi connectivity index (χ1n) is 3.48. The molecule has 0 unspecified atom stereocenters. The number of alkyl halides is 3. The molecule has 0 spiro atoms. The Kier molecular flexibility index (Phi) is 4.40. The molecule has 0 saturated carbocycles. The molecule has 0 nitrogen and oxygen atoms in total. The highest BCUT2D eigenvalue weighted by molar-refractivity contribution is 5.19. The minimum absolute atomic E-state index is 0.841. The first-order chi connectivity index (χ1) is 5.45. The lowest BCUT2D eigenvalue weighted by Crippen LogP contribution is -2.03. The number of allylic oxidation sites excluding steroid dienone is 5. The molecule has 0 atom stereocenters. The van der Waals surface area contributed by atoms with E-state index in [1.165, 1.54) is 6.08 Å². The van der Waals surface area contributed by atoms with E-state index in [1.807, 2.05) is 0 Å². The van der Waals surface area contributed by atoms with Gasteiger partial charge in [0.25, 0.3) is 0 Å². The number of hydrogen-bond donors (Lipinski definition) is 0. The first-order valence-corrected chi connectivity index (χ1v) is 3.48. The molecule has 0 aromatic carbocycles. The molecule has 0 aromatic heterocycles. The highest BCUT2D eigenvalue weighted by Gasteiger charge is 2.24. The Morgan fingerprint density at radius 3 is 2.42 bits per heavy atom. The summed E-state index contributed by atoms with van der Waals surface area (Å²) in [6, 6.07) is 0. The summed E-state index contributed by atoms with van der Waals surface area (Å²) in [6.45, 7) is 5.23. The van der Waals surface area contributed by atoms with E-state index >= 15 is 0 Å². The fourth-order valence-electron chi connectivity index (χ4n) is 0.490. The van der Waals surface area contributed by atoms with E-state index in [9.17, 15) is 13.2 Å². The van der Waals surface area contributed by atoms with Crippen LogP contribution in [-0.4, -0.2) is 6.18 Å². The van der Waals surface area contributed by atoms with Crippen molar-refractivity contribution in [2.75, 3.05) is 0 Å². The van der Waals surface area contributed by atoms with E-state index in [1.54, 1.807) is 19.1 Å². The van der Waals surface area contributed by atoms with Crippen molar-refractivity contribution in [1.82, 2.24) is 0 Å². The summed E-state index contributed by atoms with van der Waals surface area (Å²) in [4.78, 5) is 0. The van der Waals surface area contributed by atoms with Gasteiger partial charge in [0.2, 0.25) is 0 Å². The molecule has 0 saturated heterocycles. The minimum Gasteiger partial charge on any atom is -0.171 e. The van der Waals surface area contributed by atoms with Crippen molar-refractivity contribution in [3.63, 3.8) is 0 Å². The Labute approximate surface area is 70.1 Å². The monoisotopic (exact) mass is 176 g/mol. The van der Waals surface area contributed by atoms with E-state index in [0.717, 1.165) is 11.6 Å². The lowest BCUT2D eigenvalue weighted by atomic mass is 10.2. The van der Waals surface area contributed by atoms with Gasteiger partial charge in [-0.25, -0.2) is 0 Å². The molecule has 0 bridgehead atoms. The molecule has 0 aliphatic carbocycles. The van der Waals surface area contributed by atoms with Crippen molar-refractivity contribution < 1.29 is 13.2 Å². The quantitative estimate of drug-likeness (QED) is 0.576. The van der Waals surface area contributed by atoms with Gasteiger partial charge in [0.15, 0.2) is 0 Å². The Balaban J connectivity index is 3.86. The largest absolute Gasteiger partial charge is 0.392 e. The Morgan fingerprint density at radius 1 is 1.42 bits per heavy atom. The van der Waals surface area contributed by atoms with Gasteiger partial charge in [0.1, 0.15) is 0 Å². The van der Waals surface area contributed by atoms with Crippen LogP contribution in [0, 0.1) is 0 Å². The summed E-state index contributed by atoms with van der Waals surface area (Å²) < 4.78 is 34.7. The average Bonchev–Trinajstić information content (AvgIpc) is 1.96. The van der Waals surface area contributed by atoms with Gasteiger partial charge in [-0.2, -0.15) is 13.2 Å². The second-order valence-electron chi connectivity index (χ2n) is 2.36. The smallest absolute Gasteiger partial charge is 0.171 e. The summed E-state index contributed by atoms with van der Waals surface area (Å²) in [7, 11) is 0. The van der Waals surface area contributed by atoms with Crippen molar-refractivity contribution >= 4 is 0 Å². The number of halogens is 3. The van der Waals surface area contributed by atoms with Crippen LogP contribution in [0.5, 0.6) is 0 Å². The van der Waals surface area contributed by atoms with E-state index in [2.05, 4.69) is 6.58 Å². The standard InChI is InChI=1S/C9H11F3/c1-3-8(2)6-4-5-7-9(10,11)12/h3-6H,1,7H2,2H3/b5-4-,8-6-. The Hall–Kier alpha value is -0.990. The maximum absolute atomic E-state index is 11.6. The molecule has 12 heavy (non-hydrogen) atoms. The van der Waals surface area contributed by atoms with E-state index in [0.29, 0.717) is 0 Å². The van der Waals surface area contributed by atoms with Gasteiger partial charge in [-0.3, -0.25) is 0 Å². The second-order valence-corrected chi connectivity index (χ2v) is 2.36. The van der Waals surface area contributed by atoms with Gasteiger partial charge in [0.05, 0.1) is 6.42 Å². The van der Waals surface area contributed by atoms with Gasteiger partial charge in [0, 0.05) is 0 Å². The van der Waals surface area contributed by atoms with Crippen molar-refractivity contribution in [2.24, 2.45) is 0 Å². The average molecular weight is 176 g/mol. The van der Waals surface area contributed by atoms with Gasteiger partial charge in [-0.1, -0.05) is 36.5 Å². The van der Waals surface area contributed by atoms with Crippen LogP contribution >= 0.6 is 0 Å². The molecule has 0 fully saturated rings. The second kappa shape index (κ2) is 4.80. The topological polar surface area (TPSA) is 0 Å². The third-order valence-electron chi connectivity index (χ3n) is 1.17. The third-order valence-corrected chi connectivity index (χ3v) is 1.17. The molecule has 0 amide bonds. The summed E-state index contributed by atoms with van der Waals surface area (Å²) in [5.41, 5.74) is 0.841. The Morgan fingerprint density at radius 2 is 2.00 bits per heavy atom. The molecule has 0 aliphatic heterocycles. The van der Waals surface area contributed by atoms with Crippen molar-refractivity contribution in [3.8, 4) is 0 Å². The van der Waals surface area contributed by atoms with Crippen LogP contribution in [0.3, 0.4) is 0 Å². The number of hydrogen-bond acceptors (Lipinski definition) is 0. The van der Waals surface area contributed by atoms with Crippen molar-refractivity contribution in [3.05, 3.63) is 36.5 Å². The zero-order valence-corrected chi connectivity index (χ0v) is 6.86. The molecule has 0 aliphatic rings. The third kappa shape index (κ3) is 7.12. The molecule has 3 heteroatoms. The molecule has 0 N–H and O–H groups in total. The van der Waals surface area contributed by atoms with Crippen LogP contribution in [0.4, 0.5) is 13.2 Å². The number of rotatable bonds is 3. The minimum atomic E-state index is -4.10. The fourth-order valence-corrected chi connectivity index (χ4v) is 0.490. The lowest BCUT2D eigenvalue weighted by molar-refractivity contribution is -0.125. The van der Waals surface area contributed by atoms with Crippen LogP contribution in [0.25, 0.3) is 0 Å². The molecular weight excluding hydrogens is 165 g/mol. The SMILES string of the molecule is C=C/C(C)=C\C=C/CC(F)(F)F. The molecule has 0 radical (unpaired) electrons. The van der Waals surface area contributed by atoms with Crippen LogP contribution < -0.4 is 0 Å². The summed E-state index contributed by atoms with van der Waals surface area (Å²) >= 11 is 0. The normalized spacial score (nSPS) is 13.8. The Bertz CT molecular complexity index is 196. The van der Waals surface area contributed by atoms with Gasteiger partial charge >= 0.3 is 6.18 Å². The highest BCUT2D eigenvalue weighted by atomic mass is 19.4. The van der Waals surface area contributed by atoms with Crippen molar-refractivity contribution in [2.45, 2.75) is 19.5 Å². The highest BCUT2D eigenvalue weighted by Crippen LogP contribution is 2.19. The first kappa shape index (κ1) is 11.0. The van der Waals surface area contributed by atoms with Crippen LogP contribution in [0.15, 0.2) is 36.5 Å². The van der Waals surface area contributed by atoms with E-state index < -0.39 is 12.6 Å². The molecular formula is C9H11F3. The lowest BCUT2D eigenvalue weighted by Gasteiger charge is -1.99. The maximum Gasteiger partial charge on any atom is 0.392 e.